The zero-order valence-electron chi connectivity index (χ0n) is 5.14. The molecule has 54 valence electrons. The predicted octanol–water partition coefficient (Wildman–Crippen LogP) is 2.57. The van der Waals surface area contributed by atoms with Gasteiger partial charge in [0.2, 0.25) is 0 Å². The third-order valence-corrected chi connectivity index (χ3v) is 3.57. The smallest absolute Gasteiger partial charge is 0.188 e. The van der Waals surface area contributed by atoms with E-state index in [1.807, 2.05) is 6.26 Å². The van der Waals surface area contributed by atoms with Crippen LogP contribution in [0.2, 0.25) is 0 Å². The summed E-state index contributed by atoms with van der Waals surface area (Å²) in [4.78, 5) is 8.24. The molecule has 10 heavy (non-hydrogen) atoms. The van der Waals surface area contributed by atoms with Gasteiger partial charge in [0.05, 0.1) is 4.47 Å². The van der Waals surface area contributed by atoms with Gasteiger partial charge >= 0.3 is 0 Å². The molecule has 0 saturated heterocycles. The van der Waals surface area contributed by atoms with Crippen LogP contribution in [0.25, 0.3) is 0 Å². The molecule has 1 aromatic heterocycles. The fourth-order valence-electron chi connectivity index (χ4n) is 0.430. The molecule has 0 aliphatic carbocycles. The van der Waals surface area contributed by atoms with Crippen LogP contribution in [0.15, 0.2) is 15.8 Å². The van der Waals surface area contributed by atoms with Crippen LogP contribution in [0.5, 0.6) is 0 Å². The molecule has 0 aliphatic heterocycles. The third kappa shape index (κ3) is 2.06. The van der Waals surface area contributed by atoms with Gasteiger partial charge in [-0.1, -0.05) is 11.8 Å². The van der Waals surface area contributed by atoms with Gasteiger partial charge in [0, 0.05) is 6.20 Å². The van der Waals surface area contributed by atoms with Crippen molar-refractivity contribution in [3.05, 3.63) is 14.4 Å². The van der Waals surface area contributed by atoms with Crippen molar-refractivity contribution in [3.8, 4) is 0 Å². The molecule has 1 rings (SSSR count). The first kappa shape index (κ1) is 8.73. The molecular formula is C5H4BrIN2S. The second kappa shape index (κ2) is 3.87. The van der Waals surface area contributed by atoms with Crippen molar-refractivity contribution in [2.75, 3.05) is 6.26 Å². The first-order chi connectivity index (χ1) is 4.74. The van der Waals surface area contributed by atoms with Gasteiger partial charge in [-0.25, -0.2) is 9.97 Å². The SMILES string of the molecule is CSc1ncc(Br)c(I)n1. The van der Waals surface area contributed by atoms with Crippen LogP contribution in [-0.4, -0.2) is 16.2 Å². The third-order valence-electron chi connectivity index (χ3n) is 0.862. The maximum atomic E-state index is 4.18. The summed E-state index contributed by atoms with van der Waals surface area (Å²) in [6, 6.07) is 0. The fourth-order valence-corrected chi connectivity index (χ4v) is 1.49. The summed E-state index contributed by atoms with van der Waals surface area (Å²) >= 11 is 7.02. The van der Waals surface area contributed by atoms with E-state index in [0.29, 0.717) is 0 Å². The van der Waals surface area contributed by atoms with Crippen molar-refractivity contribution in [3.63, 3.8) is 0 Å². The molecule has 0 amide bonds. The summed E-state index contributed by atoms with van der Waals surface area (Å²) in [6.45, 7) is 0. The Kier molecular flexibility index (Phi) is 3.38. The number of nitrogens with zero attached hydrogens (tertiary/aromatic N) is 2. The van der Waals surface area contributed by atoms with Gasteiger partial charge in [-0.05, 0) is 44.8 Å². The van der Waals surface area contributed by atoms with Crippen LogP contribution < -0.4 is 0 Å². The second-order valence-corrected chi connectivity index (χ2v) is 4.14. The van der Waals surface area contributed by atoms with Crippen LogP contribution in [0.4, 0.5) is 0 Å². The molecule has 0 bridgehead atoms. The molecule has 2 nitrogen and oxygen atoms in total. The maximum absolute atomic E-state index is 4.18. The zero-order chi connectivity index (χ0) is 7.56. The topological polar surface area (TPSA) is 25.8 Å². The fraction of sp³-hybridized carbons (Fsp3) is 0.200. The quantitative estimate of drug-likeness (QED) is 0.342. The molecule has 1 heterocycles. The van der Waals surface area contributed by atoms with Gasteiger partial charge in [-0.15, -0.1) is 0 Å². The molecule has 0 N–H and O–H groups in total. The van der Waals surface area contributed by atoms with Crippen LogP contribution in [0, 0.1) is 3.70 Å². The summed E-state index contributed by atoms with van der Waals surface area (Å²) in [5.41, 5.74) is 0. The van der Waals surface area contributed by atoms with Crippen molar-refractivity contribution in [1.82, 2.24) is 9.97 Å². The van der Waals surface area contributed by atoms with Gasteiger partial charge in [0.1, 0.15) is 3.70 Å². The van der Waals surface area contributed by atoms with Crippen molar-refractivity contribution in [2.24, 2.45) is 0 Å². The van der Waals surface area contributed by atoms with Crippen LogP contribution >= 0.6 is 50.3 Å². The first-order valence-electron chi connectivity index (χ1n) is 2.46. The van der Waals surface area contributed by atoms with E-state index < -0.39 is 0 Å². The summed E-state index contributed by atoms with van der Waals surface area (Å²) in [7, 11) is 0. The molecule has 0 aliphatic rings. The molecule has 0 unspecified atom stereocenters. The van der Waals surface area contributed by atoms with E-state index in [2.05, 4.69) is 48.5 Å². The summed E-state index contributed by atoms with van der Waals surface area (Å²) in [6.07, 6.45) is 3.72. The lowest BCUT2D eigenvalue weighted by molar-refractivity contribution is 0.939. The lowest BCUT2D eigenvalue weighted by Gasteiger charge is -1.95. The van der Waals surface area contributed by atoms with Crippen molar-refractivity contribution < 1.29 is 0 Å². The normalized spacial score (nSPS) is 9.90. The number of hydrogen-bond acceptors (Lipinski definition) is 3. The standard InChI is InChI=1S/C5H4BrIN2S/c1-10-5-8-2-3(6)4(7)9-5/h2H,1H3. The highest BCUT2D eigenvalue weighted by Gasteiger charge is 1.98. The molecule has 0 radical (unpaired) electrons. The Morgan fingerprint density at radius 3 is 2.90 bits per heavy atom. The average Bonchev–Trinajstić information content (AvgIpc) is 1.95. The van der Waals surface area contributed by atoms with Crippen molar-refractivity contribution in [2.45, 2.75) is 5.16 Å². The van der Waals surface area contributed by atoms with Gasteiger partial charge in [0.25, 0.3) is 0 Å². The summed E-state index contributed by atoms with van der Waals surface area (Å²) in [5, 5.41) is 0.813. The average molecular weight is 331 g/mol. The van der Waals surface area contributed by atoms with Crippen LogP contribution in [0.1, 0.15) is 0 Å². The van der Waals surface area contributed by atoms with E-state index in [4.69, 9.17) is 0 Å². The van der Waals surface area contributed by atoms with Gasteiger partial charge in [0.15, 0.2) is 5.16 Å². The molecular weight excluding hydrogens is 327 g/mol. The lowest BCUT2D eigenvalue weighted by atomic mass is 10.7. The predicted molar refractivity (Wildman–Crippen MR) is 54.2 cm³/mol. The van der Waals surface area contributed by atoms with Gasteiger partial charge in [-0.2, -0.15) is 0 Å². The number of rotatable bonds is 1. The monoisotopic (exact) mass is 330 g/mol. The Bertz CT molecular complexity index is 243. The Balaban J connectivity index is 3.04. The summed E-state index contributed by atoms with van der Waals surface area (Å²) < 4.78 is 1.91. The maximum Gasteiger partial charge on any atom is 0.188 e. The van der Waals surface area contributed by atoms with E-state index in [1.165, 1.54) is 0 Å². The Labute approximate surface area is 85.5 Å². The molecule has 0 spiro atoms. The minimum Gasteiger partial charge on any atom is -0.230 e. The molecule has 0 saturated carbocycles. The highest BCUT2D eigenvalue weighted by atomic mass is 127. The molecule has 0 fully saturated rings. The largest absolute Gasteiger partial charge is 0.230 e. The molecule has 1 aromatic rings. The second-order valence-electron chi connectivity index (χ2n) is 1.50. The van der Waals surface area contributed by atoms with Gasteiger partial charge in [-0.3, -0.25) is 0 Å². The first-order valence-corrected chi connectivity index (χ1v) is 5.55. The molecule has 0 aromatic carbocycles. The minimum absolute atomic E-state index is 0.813. The highest BCUT2D eigenvalue weighted by molar-refractivity contribution is 14.1. The number of halogens is 2. The van der Waals surface area contributed by atoms with Gasteiger partial charge < -0.3 is 0 Å². The number of thioether (sulfide) groups is 1. The Hall–Kier alpha value is 0.640. The van der Waals surface area contributed by atoms with E-state index in [9.17, 15) is 0 Å². The number of hydrogen-bond donors (Lipinski definition) is 0. The van der Waals surface area contributed by atoms with E-state index in [1.54, 1.807) is 18.0 Å². The Morgan fingerprint density at radius 2 is 2.40 bits per heavy atom. The lowest BCUT2D eigenvalue weighted by Crippen LogP contribution is -1.88. The highest BCUT2D eigenvalue weighted by Crippen LogP contribution is 2.17. The summed E-state index contributed by atoms with van der Waals surface area (Å²) in [5.74, 6) is 0. The van der Waals surface area contributed by atoms with Crippen molar-refractivity contribution in [1.29, 1.82) is 0 Å². The molecule has 0 atom stereocenters. The Morgan fingerprint density at radius 1 is 1.70 bits per heavy atom. The van der Waals surface area contributed by atoms with E-state index >= 15 is 0 Å². The molecule has 5 heteroatoms. The minimum atomic E-state index is 0.813. The van der Waals surface area contributed by atoms with E-state index in [-0.39, 0.29) is 0 Å². The van der Waals surface area contributed by atoms with Crippen LogP contribution in [0.3, 0.4) is 0 Å². The van der Waals surface area contributed by atoms with Crippen molar-refractivity contribution >= 4 is 50.3 Å². The van der Waals surface area contributed by atoms with Crippen LogP contribution in [-0.2, 0) is 0 Å². The zero-order valence-corrected chi connectivity index (χ0v) is 9.70. The van der Waals surface area contributed by atoms with E-state index in [0.717, 1.165) is 13.3 Å². The number of aromatic nitrogens is 2.